The molecule has 0 aliphatic heterocycles. The van der Waals surface area contributed by atoms with Gasteiger partial charge in [-0.05, 0) is 57.1 Å². The predicted molar refractivity (Wildman–Crippen MR) is 78.8 cm³/mol. The van der Waals surface area contributed by atoms with Crippen LogP contribution in [0.1, 0.15) is 51.0 Å². The molecule has 0 bridgehead atoms. The maximum Gasteiger partial charge on any atom is 0.00669 e. The van der Waals surface area contributed by atoms with Gasteiger partial charge in [-0.3, -0.25) is 0 Å². The van der Waals surface area contributed by atoms with Crippen molar-refractivity contribution in [2.75, 3.05) is 6.54 Å². The van der Waals surface area contributed by atoms with Gasteiger partial charge < -0.3 is 5.32 Å². The molecule has 1 aliphatic carbocycles. The second-order valence-corrected chi connectivity index (χ2v) is 5.73. The maximum atomic E-state index is 3.71. The minimum atomic E-state index is 0.726. The molecule has 100 valence electrons. The highest BCUT2D eigenvalue weighted by Gasteiger charge is 2.20. The van der Waals surface area contributed by atoms with Gasteiger partial charge in [0, 0.05) is 6.04 Å². The Bertz CT molecular complexity index is 314. The van der Waals surface area contributed by atoms with E-state index in [0.29, 0.717) is 0 Å². The van der Waals surface area contributed by atoms with Gasteiger partial charge in [0.05, 0.1) is 0 Å². The number of nitrogens with one attached hydrogen (secondary N) is 1. The summed E-state index contributed by atoms with van der Waals surface area (Å²) >= 11 is 0. The molecule has 0 aromatic heterocycles. The molecule has 1 nitrogen and oxygen atoms in total. The first-order valence-electron chi connectivity index (χ1n) is 7.63. The number of benzene rings is 1. The minimum Gasteiger partial charge on any atom is -0.314 e. The van der Waals surface area contributed by atoms with Crippen LogP contribution in [0.5, 0.6) is 0 Å². The van der Waals surface area contributed by atoms with Crippen molar-refractivity contribution in [1.29, 1.82) is 0 Å². The predicted octanol–water partition coefficient (Wildman–Crippen LogP) is 4.18. The number of hydrogen-bond donors (Lipinski definition) is 1. The summed E-state index contributed by atoms with van der Waals surface area (Å²) in [5.74, 6) is 0.944. The highest BCUT2D eigenvalue weighted by Crippen LogP contribution is 2.27. The Kier molecular flexibility index (Phi) is 5.73. The van der Waals surface area contributed by atoms with Crippen molar-refractivity contribution in [1.82, 2.24) is 5.32 Å². The third-order valence-electron chi connectivity index (χ3n) is 4.31. The molecular formula is C17H27N. The zero-order valence-electron chi connectivity index (χ0n) is 11.7. The number of aryl methyl sites for hydroxylation is 1. The molecule has 0 heterocycles. The van der Waals surface area contributed by atoms with Gasteiger partial charge in [-0.25, -0.2) is 0 Å². The molecular weight excluding hydrogens is 218 g/mol. The van der Waals surface area contributed by atoms with E-state index in [1.807, 2.05) is 0 Å². The fourth-order valence-electron chi connectivity index (χ4n) is 3.05. The Morgan fingerprint density at radius 3 is 2.56 bits per heavy atom. The summed E-state index contributed by atoms with van der Waals surface area (Å²) in [4.78, 5) is 0. The van der Waals surface area contributed by atoms with Crippen LogP contribution < -0.4 is 5.32 Å². The highest BCUT2D eigenvalue weighted by molar-refractivity contribution is 5.14. The van der Waals surface area contributed by atoms with Crippen LogP contribution in [0.2, 0.25) is 0 Å². The van der Waals surface area contributed by atoms with Crippen LogP contribution in [0, 0.1) is 5.92 Å². The van der Waals surface area contributed by atoms with Crippen LogP contribution in [-0.4, -0.2) is 12.6 Å². The molecule has 1 aromatic rings. The van der Waals surface area contributed by atoms with Gasteiger partial charge in [-0.1, -0.05) is 43.2 Å². The summed E-state index contributed by atoms with van der Waals surface area (Å²) in [5, 5.41) is 3.71. The van der Waals surface area contributed by atoms with Crippen molar-refractivity contribution >= 4 is 0 Å². The number of hydrogen-bond acceptors (Lipinski definition) is 1. The van der Waals surface area contributed by atoms with E-state index in [9.17, 15) is 0 Å². The first-order chi connectivity index (χ1) is 8.86. The monoisotopic (exact) mass is 245 g/mol. The summed E-state index contributed by atoms with van der Waals surface area (Å²) in [6.07, 6.45) is 9.60. The van der Waals surface area contributed by atoms with Crippen molar-refractivity contribution in [3.05, 3.63) is 35.9 Å². The Hall–Kier alpha value is -0.820. The summed E-state index contributed by atoms with van der Waals surface area (Å²) in [6, 6.07) is 11.5. The van der Waals surface area contributed by atoms with E-state index in [2.05, 4.69) is 42.6 Å². The molecule has 0 radical (unpaired) electrons. The molecule has 1 aliphatic rings. The summed E-state index contributed by atoms with van der Waals surface area (Å²) < 4.78 is 0. The van der Waals surface area contributed by atoms with Gasteiger partial charge in [-0.2, -0.15) is 0 Å². The molecule has 0 spiro atoms. The molecule has 1 N–H and O–H groups in total. The van der Waals surface area contributed by atoms with Gasteiger partial charge in [0.25, 0.3) is 0 Å². The largest absolute Gasteiger partial charge is 0.314 e. The zero-order valence-corrected chi connectivity index (χ0v) is 11.7. The molecule has 2 rings (SSSR count). The molecule has 1 aromatic carbocycles. The fraction of sp³-hybridized carbons (Fsp3) is 0.647. The topological polar surface area (TPSA) is 12.0 Å². The summed E-state index contributed by atoms with van der Waals surface area (Å²) in [5.41, 5.74) is 1.47. The van der Waals surface area contributed by atoms with Crippen molar-refractivity contribution in [2.24, 2.45) is 5.92 Å². The number of unbranched alkanes of at least 4 members (excludes halogenated alkanes) is 1. The quantitative estimate of drug-likeness (QED) is 0.711. The van der Waals surface area contributed by atoms with Gasteiger partial charge in [-0.15, -0.1) is 0 Å². The summed E-state index contributed by atoms with van der Waals surface area (Å²) in [7, 11) is 0. The van der Waals surface area contributed by atoms with E-state index in [0.717, 1.165) is 12.0 Å². The van der Waals surface area contributed by atoms with Gasteiger partial charge in [0.15, 0.2) is 0 Å². The lowest BCUT2D eigenvalue weighted by Gasteiger charge is -2.20. The highest BCUT2D eigenvalue weighted by atomic mass is 14.9. The third kappa shape index (κ3) is 4.45. The van der Waals surface area contributed by atoms with Crippen LogP contribution in [-0.2, 0) is 6.42 Å². The Balaban J connectivity index is 1.53. The van der Waals surface area contributed by atoms with Crippen LogP contribution in [0.15, 0.2) is 30.3 Å². The molecule has 1 fully saturated rings. The molecule has 1 atom stereocenters. The molecule has 1 saturated carbocycles. The van der Waals surface area contributed by atoms with Crippen LogP contribution in [0.25, 0.3) is 0 Å². The van der Waals surface area contributed by atoms with E-state index in [1.54, 1.807) is 0 Å². The van der Waals surface area contributed by atoms with Crippen LogP contribution in [0.4, 0.5) is 0 Å². The zero-order chi connectivity index (χ0) is 12.6. The average Bonchev–Trinajstić information content (AvgIpc) is 2.93. The van der Waals surface area contributed by atoms with E-state index in [4.69, 9.17) is 0 Å². The molecule has 18 heavy (non-hydrogen) atoms. The number of rotatable bonds is 7. The Labute approximate surface area is 112 Å². The lowest BCUT2D eigenvalue weighted by Crippen LogP contribution is -2.32. The molecule has 0 unspecified atom stereocenters. The van der Waals surface area contributed by atoms with Crippen LogP contribution in [0.3, 0.4) is 0 Å². The van der Waals surface area contributed by atoms with E-state index < -0.39 is 0 Å². The van der Waals surface area contributed by atoms with Crippen molar-refractivity contribution < 1.29 is 0 Å². The first kappa shape index (κ1) is 13.6. The summed E-state index contributed by atoms with van der Waals surface area (Å²) in [6.45, 7) is 3.55. The molecule has 0 saturated heterocycles. The Morgan fingerprint density at radius 2 is 1.83 bits per heavy atom. The van der Waals surface area contributed by atoms with Gasteiger partial charge in [0.1, 0.15) is 0 Å². The minimum absolute atomic E-state index is 0.726. The fourth-order valence-corrected chi connectivity index (χ4v) is 3.05. The van der Waals surface area contributed by atoms with Crippen molar-refractivity contribution in [2.45, 2.75) is 57.9 Å². The van der Waals surface area contributed by atoms with Gasteiger partial charge in [0.2, 0.25) is 0 Å². The van der Waals surface area contributed by atoms with E-state index in [-0.39, 0.29) is 0 Å². The van der Waals surface area contributed by atoms with Crippen LogP contribution >= 0.6 is 0 Å². The molecule has 1 heteroatoms. The third-order valence-corrected chi connectivity index (χ3v) is 4.31. The van der Waals surface area contributed by atoms with Crippen molar-refractivity contribution in [3.8, 4) is 0 Å². The van der Waals surface area contributed by atoms with Crippen molar-refractivity contribution in [3.63, 3.8) is 0 Å². The Morgan fingerprint density at radius 1 is 1.11 bits per heavy atom. The normalized spacial score (nSPS) is 18.1. The van der Waals surface area contributed by atoms with E-state index >= 15 is 0 Å². The standard InChI is InChI=1S/C17H27N/c1-15(17-12-5-6-13-17)18-14-8-7-11-16-9-3-2-4-10-16/h2-4,9-10,15,17-18H,5-8,11-14H2,1H3/t15-/m0/s1. The first-order valence-corrected chi connectivity index (χ1v) is 7.63. The average molecular weight is 245 g/mol. The maximum absolute atomic E-state index is 3.71. The molecule has 0 amide bonds. The van der Waals surface area contributed by atoms with Gasteiger partial charge >= 0.3 is 0 Å². The smallest absolute Gasteiger partial charge is 0.00669 e. The second-order valence-electron chi connectivity index (χ2n) is 5.73. The SMILES string of the molecule is C[C@H](NCCCCc1ccccc1)C1CCCC1. The van der Waals surface area contributed by atoms with E-state index in [1.165, 1.54) is 57.1 Å². The lowest BCUT2D eigenvalue weighted by molar-refractivity contribution is 0.379. The second kappa shape index (κ2) is 7.58. The lowest BCUT2D eigenvalue weighted by atomic mass is 9.99.